The molecular weight excluding hydrogens is 520 g/mol. The fraction of sp³-hybridized carbons (Fsp3) is 0.200. The average molecular weight is 543 g/mol. The molecule has 4 rings (SSSR count). The number of rotatable bonds is 9. The number of nitro benzene ring substituents is 1. The Hall–Kier alpha value is -3.80. The fourth-order valence-electron chi connectivity index (χ4n) is 3.87. The van der Waals surface area contributed by atoms with Crippen LogP contribution in [0.1, 0.15) is 24.0 Å². The molecule has 3 aromatic carbocycles. The standard InChI is InChI=1S/C25H23ClN4O6S/c26-20-9-13-22(14-10-20)37(34,35)29-15-3-5-23(29)25(31)28-27-16-19-4-1-2-6-24(19)36-17-18-7-11-21(12-8-18)30(32)33/h1-2,4,6-14,16,23H,3,5,15,17H2,(H,28,31)/b27-16-/t23-/m0/s1. The second kappa shape index (κ2) is 11.5. The molecule has 0 bridgehead atoms. The van der Waals surface area contributed by atoms with Crippen LogP contribution >= 0.6 is 11.6 Å². The molecule has 0 aliphatic carbocycles. The molecule has 1 amide bonds. The summed E-state index contributed by atoms with van der Waals surface area (Å²) in [5.74, 6) is -0.0396. The van der Waals surface area contributed by atoms with E-state index in [4.69, 9.17) is 16.3 Å². The first-order valence-electron chi connectivity index (χ1n) is 11.3. The number of non-ortho nitro benzene ring substituents is 1. The van der Waals surface area contributed by atoms with Crippen molar-refractivity contribution in [2.75, 3.05) is 6.54 Å². The average Bonchev–Trinajstić information content (AvgIpc) is 3.40. The lowest BCUT2D eigenvalue weighted by Gasteiger charge is -2.22. The quantitative estimate of drug-likeness (QED) is 0.246. The van der Waals surface area contributed by atoms with Gasteiger partial charge in [0.1, 0.15) is 18.4 Å². The molecule has 1 N–H and O–H groups in total. The number of ether oxygens (including phenoxy) is 1. The van der Waals surface area contributed by atoms with Gasteiger partial charge in [0.2, 0.25) is 10.0 Å². The maximum absolute atomic E-state index is 13.1. The van der Waals surface area contributed by atoms with Gasteiger partial charge in [0, 0.05) is 29.3 Å². The zero-order valence-electron chi connectivity index (χ0n) is 19.5. The first kappa shape index (κ1) is 26.3. The smallest absolute Gasteiger partial charge is 0.269 e. The van der Waals surface area contributed by atoms with Crippen molar-refractivity contribution in [3.8, 4) is 5.75 Å². The third kappa shape index (κ3) is 6.31. The molecule has 0 aromatic heterocycles. The van der Waals surface area contributed by atoms with E-state index in [0.717, 1.165) is 5.56 Å². The number of halogens is 1. The number of nitrogens with one attached hydrogen (secondary N) is 1. The third-order valence-corrected chi connectivity index (χ3v) is 7.94. The minimum Gasteiger partial charge on any atom is -0.488 e. The van der Waals surface area contributed by atoms with Gasteiger partial charge in [0.05, 0.1) is 16.0 Å². The van der Waals surface area contributed by atoms with Crippen molar-refractivity contribution in [1.29, 1.82) is 0 Å². The van der Waals surface area contributed by atoms with Crippen molar-refractivity contribution in [2.45, 2.75) is 30.4 Å². The topological polar surface area (TPSA) is 131 Å². The summed E-state index contributed by atoms with van der Waals surface area (Å²) in [7, 11) is -3.87. The SMILES string of the molecule is O=C(N/N=C\c1ccccc1OCc1ccc([N+](=O)[O-])cc1)[C@@H]1CCCN1S(=O)(=O)c1ccc(Cl)cc1. The van der Waals surface area contributed by atoms with E-state index in [9.17, 15) is 23.3 Å². The van der Waals surface area contributed by atoms with Crippen LogP contribution in [0.3, 0.4) is 0 Å². The van der Waals surface area contributed by atoms with Crippen LogP contribution in [0.2, 0.25) is 5.02 Å². The molecule has 1 aliphatic heterocycles. The van der Waals surface area contributed by atoms with Crippen molar-refractivity contribution in [3.63, 3.8) is 0 Å². The molecule has 1 heterocycles. The molecule has 12 heteroatoms. The van der Waals surface area contributed by atoms with Crippen molar-refractivity contribution in [3.05, 3.63) is 99.1 Å². The Balaban J connectivity index is 1.39. The summed E-state index contributed by atoms with van der Waals surface area (Å²) in [5.41, 5.74) is 3.76. The van der Waals surface area contributed by atoms with Gasteiger partial charge in [-0.15, -0.1) is 0 Å². The molecule has 1 aliphatic rings. The Labute approximate surface area is 218 Å². The molecule has 1 saturated heterocycles. The van der Waals surface area contributed by atoms with E-state index in [1.54, 1.807) is 36.4 Å². The number of carbonyl (C=O) groups excluding carboxylic acids is 1. The molecule has 1 atom stereocenters. The highest BCUT2D eigenvalue weighted by atomic mass is 35.5. The summed E-state index contributed by atoms with van der Waals surface area (Å²) < 4.78 is 33.1. The van der Waals surface area contributed by atoms with Crippen molar-refractivity contribution in [1.82, 2.24) is 9.73 Å². The predicted octanol–water partition coefficient (Wildman–Crippen LogP) is 4.13. The molecular formula is C25H23ClN4O6S. The van der Waals surface area contributed by atoms with E-state index in [1.807, 2.05) is 0 Å². The molecule has 3 aromatic rings. The predicted molar refractivity (Wildman–Crippen MR) is 138 cm³/mol. The van der Waals surface area contributed by atoms with Crippen LogP contribution in [0.15, 0.2) is 82.8 Å². The normalized spacial score (nSPS) is 16.1. The number of hydrazone groups is 1. The highest BCUT2D eigenvalue weighted by Gasteiger charge is 2.39. The van der Waals surface area contributed by atoms with Gasteiger partial charge in [0.25, 0.3) is 11.6 Å². The number of sulfonamides is 1. The van der Waals surface area contributed by atoms with E-state index in [-0.39, 0.29) is 23.7 Å². The molecule has 10 nitrogen and oxygen atoms in total. The number of amides is 1. The van der Waals surface area contributed by atoms with Crippen molar-refractivity contribution >= 4 is 39.4 Å². The van der Waals surface area contributed by atoms with Crippen LogP contribution in [0.4, 0.5) is 5.69 Å². The van der Waals surface area contributed by atoms with E-state index in [2.05, 4.69) is 10.5 Å². The second-order valence-corrected chi connectivity index (χ2v) is 10.5. The van der Waals surface area contributed by atoms with E-state index in [1.165, 1.54) is 46.9 Å². The van der Waals surface area contributed by atoms with Gasteiger partial charge in [-0.2, -0.15) is 9.41 Å². The van der Waals surface area contributed by atoms with Gasteiger partial charge in [-0.3, -0.25) is 14.9 Å². The lowest BCUT2D eigenvalue weighted by molar-refractivity contribution is -0.384. The molecule has 0 saturated carbocycles. The van der Waals surface area contributed by atoms with Gasteiger partial charge in [-0.05, 0) is 66.9 Å². The fourth-order valence-corrected chi connectivity index (χ4v) is 5.65. The minimum atomic E-state index is -3.87. The van der Waals surface area contributed by atoms with Crippen molar-refractivity contribution in [2.24, 2.45) is 5.10 Å². The van der Waals surface area contributed by atoms with Crippen LogP contribution in [-0.2, 0) is 21.4 Å². The molecule has 1 fully saturated rings. The number of carbonyl (C=O) groups is 1. The molecule has 192 valence electrons. The summed E-state index contributed by atoms with van der Waals surface area (Å²) in [4.78, 5) is 23.2. The molecule has 37 heavy (non-hydrogen) atoms. The van der Waals surface area contributed by atoms with Crippen LogP contribution < -0.4 is 10.2 Å². The Morgan fingerprint density at radius 2 is 1.84 bits per heavy atom. The van der Waals surface area contributed by atoms with Crippen molar-refractivity contribution < 1.29 is 22.9 Å². The van der Waals surface area contributed by atoms with E-state index in [0.29, 0.717) is 29.2 Å². The molecule has 0 spiro atoms. The number of nitro groups is 1. The summed E-state index contributed by atoms with van der Waals surface area (Å²) in [5, 5.41) is 15.2. The lowest BCUT2D eigenvalue weighted by atomic mass is 10.2. The monoisotopic (exact) mass is 542 g/mol. The molecule has 0 unspecified atom stereocenters. The minimum absolute atomic E-state index is 0.00572. The van der Waals surface area contributed by atoms with Crippen LogP contribution in [-0.4, -0.2) is 42.4 Å². The Bertz CT molecular complexity index is 1410. The van der Waals surface area contributed by atoms with Crippen LogP contribution in [0, 0.1) is 10.1 Å². The first-order valence-corrected chi connectivity index (χ1v) is 13.1. The van der Waals surface area contributed by atoms with Gasteiger partial charge >= 0.3 is 0 Å². The first-order chi connectivity index (χ1) is 17.8. The second-order valence-electron chi connectivity index (χ2n) is 8.21. The maximum Gasteiger partial charge on any atom is 0.269 e. The Morgan fingerprint density at radius 3 is 2.54 bits per heavy atom. The zero-order valence-corrected chi connectivity index (χ0v) is 21.1. The lowest BCUT2D eigenvalue weighted by Crippen LogP contribution is -2.44. The number of nitrogens with zero attached hydrogens (tertiary/aromatic N) is 3. The number of para-hydroxylation sites is 1. The maximum atomic E-state index is 13.1. The third-order valence-electron chi connectivity index (χ3n) is 5.77. The van der Waals surface area contributed by atoms with Gasteiger partial charge < -0.3 is 4.74 Å². The van der Waals surface area contributed by atoms with Gasteiger partial charge in [0.15, 0.2) is 0 Å². The summed E-state index contributed by atoms with van der Waals surface area (Å²) >= 11 is 5.87. The van der Waals surface area contributed by atoms with E-state index < -0.39 is 26.9 Å². The largest absolute Gasteiger partial charge is 0.488 e. The van der Waals surface area contributed by atoms with Gasteiger partial charge in [-0.1, -0.05) is 23.7 Å². The Kier molecular flexibility index (Phi) is 8.17. The molecule has 0 radical (unpaired) electrons. The Morgan fingerprint density at radius 1 is 1.14 bits per heavy atom. The summed E-state index contributed by atoms with van der Waals surface area (Å²) in [6.07, 6.45) is 2.34. The van der Waals surface area contributed by atoms with Crippen LogP contribution in [0.5, 0.6) is 5.75 Å². The highest BCUT2D eigenvalue weighted by molar-refractivity contribution is 7.89. The number of hydrogen-bond donors (Lipinski definition) is 1. The number of benzene rings is 3. The van der Waals surface area contributed by atoms with E-state index >= 15 is 0 Å². The van der Waals surface area contributed by atoms with Crippen LogP contribution in [0.25, 0.3) is 0 Å². The summed E-state index contributed by atoms with van der Waals surface area (Å²) in [6, 6.07) is 18.0. The zero-order chi connectivity index (χ0) is 26.4. The van der Waals surface area contributed by atoms with Gasteiger partial charge in [-0.25, -0.2) is 13.8 Å². The highest BCUT2D eigenvalue weighted by Crippen LogP contribution is 2.27. The summed E-state index contributed by atoms with van der Waals surface area (Å²) in [6.45, 7) is 0.404. The number of hydrogen-bond acceptors (Lipinski definition) is 7.